The largest absolute Gasteiger partial charge is 1.00 e. The van der Waals surface area contributed by atoms with Crippen molar-refractivity contribution in [2.24, 2.45) is 0 Å². The van der Waals surface area contributed by atoms with Gasteiger partial charge < -0.3 is 14.8 Å². The number of fused-ring (bicyclic) bond motifs is 1. The van der Waals surface area contributed by atoms with Crippen molar-refractivity contribution in [1.29, 1.82) is 0 Å². The molecule has 0 aliphatic heterocycles. The molecule has 7 heteroatoms. The van der Waals surface area contributed by atoms with E-state index in [2.05, 4.69) is 48.5 Å². The van der Waals surface area contributed by atoms with Crippen LogP contribution in [-0.4, -0.2) is 23.2 Å². The van der Waals surface area contributed by atoms with Gasteiger partial charge >= 0.3 is 29.6 Å². The molecule has 0 spiro atoms. The van der Waals surface area contributed by atoms with Gasteiger partial charge in [-0.1, -0.05) is 48.5 Å². The zero-order chi connectivity index (χ0) is 16.2. The van der Waals surface area contributed by atoms with Crippen LogP contribution in [0.25, 0.3) is 10.8 Å². The molecule has 5 nitrogen and oxygen atoms in total. The first-order chi connectivity index (χ1) is 10.4. The molecule has 2 N–H and O–H groups in total. The second-order valence-corrected chi connectivity index (χ2v) is 5.80. The van der Waals surface area contributed by atoms with Gasteiger partial charge in [0.15, 0.2) is 0 Å². The summed E-state index contributed by atoms with van der Waals surface area (Å²) in [5.41, 5.74) is 0. The molecule has 0 bridgehead atoms. The molecule has 0 atom stereocenters. The molecule has 0 heterocycles. The minimum absolute atomic E-state index is 0. The van der Waals surface area contributed by atoms with Crippen LogP contribution < -0.4 is 29.6 Å². The fraction of sp³-hybridized carbons (Fsp3) is 0. The van der Waals surface area contributed by atoms with Gasteiger partial charge in [-0.2, -0.15) is 0 Å². The third-order valence-electron chi connectivity index (χ3n) is 2.87. The zero-order valence-corrected chi connectivity index (χ0v) is 15.2. The van der Waals surface area contributed by atoms with Crippen molar-refractivity contribution in [2.75, 3.05) is 0 Å². The van der Waals surface area contributed by atoms with E-state index >= 15 is 0 Å². The molecule has 0 aliphatic rings. The summed E-state index contributed by atoms with van der Waals surface area (Å²) in [5.74, 6) is -1.05. The fourth-order valence-electron chi connectivity index (χ4n) is 1.84. The summed E-state index contributed by atoms with van der Waals surface area (Å²) in [5, 5.41) is 20.3. The van der Waals surface area contributed by atoms with Gasteiger partial charge in [-0.05, 0) is 22.9 Å². The minimum Gasteiger partial charge on any atom is -0.744 e. The van der Waals surface area contributed by atoms with Crippen molar-refractivity contribution in [2.45, 2.75) is 4.90 Å². The monoisotopic (exact) mass is 340 g/mol. The van der Waals surface area contributed by atoms with Gasteiger partial charge in [0.25, 0.3) is 0 Å². The smallest absolute Gasteiger partial charge is 0.744 e. The summed E-state index contributed by atoms with van der Waals surface area (Å²) in [6, 6.07) is 19.4. The van der Waals surface area contributed by atoms with E-state index in [4.69, 9.17) is 10.2 Å². The Morgan fingerprint density at radius 3 is 1.57 bits per heavy atom. The van der Waals surface area contributed by atoms with E-state index in [0.29, 0.717) is 6.07 Å². The van der Waals surface area contributed by atoms with Gasteiger partial charge in [0.05, 0.1) is 4.90 Å². The summed E-state index contributed by atoms with van der Waals surface area (Å²) in [7, 11) is -4.72. The molecule has 0 amide bonds. The Morgan fingerprint density at radius 2 is 1.22 bits per heavy atom. The Balaban J connectivity index is 0.000000223. The number of phenols is 2. The standard InChI is InChI=1S/C10H8.C6H6O5S.Na/c1-2-6-10-8-4-3-7-9(10)5-1;7-4-1-2-5(8)6(3-4)12(9,10)11;/h1-8H;1-3,7-8H,(H,9,10,11);/q;;+1/p-1. The first kappa shape index (κ1) is 19.5. The zero-order valence-electron chi connectivity index (χ0n) is 12.4. The van der Waals surface area contributed by atoms with Crippen LogP contribution in [0.3, 0.4) is 0 Å². The molecule has 0 unspecified atom stereocenters. The molecule has 0 saturated heterocycles. The van der Waals surface area contributed by atoms with Crippen LogP contribution in [0, 0.1) is 0 Å². The van der Waals surface area contributed by atoms with Crippen molar-refractivity contribution in [3.05, 3.63) is 66.7 Å². The van der Waals surface area contributed by atoms with Crippen LogP contribution in [0.2, 0.25) is 0 Å². The molecule has 3 aromatic carbocycles. The van der Waals surface area contributed by atoms with E-state index in [0.717, 1.165) is 12.1 Å². The third-order valence-corrected chi connectivity index (χ3v) is 3.74. The van der Waals surface area contributed by atoms with Crippen molar-refractivity contribution in [3.63, 3.8) is 0 Å². The quantitative estimate of drug-likeness (QED) is 0.365. The van der Waals surface area contributed by atoms with E-state index < -0.39 is 20.8 Å². The summed E-state index contributed by atoms with van der Waals surface area (Å²) < 4.78 is 31.1. The Morgan fingerprint density at radius 1 is 0.783 bits per heavy atom. The van der Waals surface area contributed by atoms with E-state index in [9.17, 15) is 13.0 Å². The van der Waals surface area contributed by atoms with E-state index in [-0.39, 0.29) is 35.3 Å². The van der Waals surface area contributed by atoms with Crippen LogP contribution in [0.5, 0.6) is 11.5 Å². The predicted molar refractivity (Wildman–Crippen MR) is 81.7 cm³/mol. The summed E-state index contributed by atoms with van der Waals surface area (Å²) in [6.45, 7) is 0. The summed E-state index contributed by atoms with van der Waals surface area (Å²) >= 11 is 0. The first-order valence-electron chi connectivity index (χ1n) is 6.29. The molecule has 0 saturated carbocycles. The van der Waals surface area contributed by atoms with Gasteiger partial charge in [-0.15, -0.1) is 0 Å². The van der Waals surface area contributed by atoms with Gasteiger partial charge in [0.2, 0.25) is 0 Å². The van der Waals surface area contributed by atoms with Gasteiger partial charge in [0.1, 0.15) is 21.6 Å². The third kappa shape index (κ3) is 5.53. The van der Waals surface area contributed by atoms with Crippen molar-refractivity contribution >= 4 is 20.9 Å². The summed E-state index contributed by atoms with van der Waals surface area (Å²) in [4.78, 5) is -0.817. The SMILES string of the molecule is O=S(=O)([O-])c1cc(O)ccc1O.[Na+].c1ccc2ccccc2c1. The molecule has 3 rings (SSSR count). The Bertz CT molecular complexity index is 828. The molecule has 23 heavy (non-hydrogen) atoms. The van der Waals surface area contributed by atoms with Crippen LogP contribution in [0.1, 0.15) is 0 Å². The van der Waals surface area contributed by atoms with Crippen molar-refractivity contribution in [1.82, 2.24) is 0 Å². The van der Waals surface area contributed by atoms with Gasteiger partial charge in [-0.3, -0.25) is 0 Å². The number of benzene rings is 3. The fourth-order valence-corrected chi connectivity index (χ4v) is 2.43. The predicted octanol–water partition coefficient (Wildman–Crippen LogP) is -0.154. The Kier molecular flexibility index (Phi) is 7.05. The van der Waals surface area contributed by atoms with E-state index in [1.165, 1.54) is 10.8 Å². The second-order valence-electron chi connectivity index (χ2n) is 4.45. The number of aromatic hydroxyl groups is 2. The van der Waals surface area contributed by atoms with Crippen LogP contribution in [0.4, 0.5) is 0 Å². The molecular formula is C16H13NaO5S. The molecule has 0 radical (unpaired) electrons. The average Bonchev–Trinajstić information content (AvgIpc) is 2.49. The van der Waals surface area contributed by atoms with Gasteiger partial charge in [-0.25, -0.2) is 8.42 Å². The number of hydrogen-bond acceptors (Lipinski definition) is 5. The van der Waals surface area contributed by atoms with Crippen LogP contribution in [-0.2, 0) is 10.1 Å². The van der Waals surface area contributed by atoms with E-state index in [1.807, 2.05) is 0 Å². The molecule has 0 fully saturated rings. The Hall–Kier alpha value is -1.57. The van der Waals surface area contributed by atoms with E-state index in [1.54, 1.807) is 0 Å². The molecule has 114 valence electrons. The first-order valence-corrected chi connectivity index (χ1v) is 7.70. The van der Waals surface area contributed by atoms with Crippen molar-refractivity contribution < 1.29 is 52.7 Å². The second kappa shape index (κ2) is 8.33. The van der Waals surface area contributed by atoms with Gasteiger partial charge in [0, 0.05) is 6.07 Å². The Labute approximate surface area is 156 Å². The maximum Gasteiger partial charge on any atom is 1.00 e. The number of hydrogen-bond donors (Lipinski definition) is 2. The molecule has 0 aromatic heterocycles. The minimum atomic E-state index is -4.72. The number of rotatable bonds is 1. The topological polar surface area (TPSA) is 97.7 Å². The van der Waals surface area contributed by atoms with Crippen LogP contribution in [0.15, 0.2) is 71.6 Å². The van der Waals surface area contributed by atoms with Crippen molar-refractivity contribution in [3.8, 4) is 11.5 Å². The number of phenolic OH excluding ortho intramolecular Hbond substituents is 2. The normalized spacial score (nSPS) is 10.3. The van der Waals surface area contributed by atoms with Crippen LogP contribution >= 0.6 is 0 Å². The maximum absolute atomic E-state index is 10.4. The molecular weight excluding hydrogens is 327 g/mol. The molecule has 3 aromatic rings. The summed E-state index contributed by atoms with van der Waals surface area (Å²) in [6.07, 6.45) is 0. The maximum atomic E-state index is 10.4. The average molecular weight is 340 g/mol. The molecule has 0 aliphatic carbocycles.